The minimum atomic E-state index is -0.848. The summed E-state index contributed by atoms with van der Waals surface area (Å²) in [7, 11) is 0. The molecule has 0 radical (unpaired) electrons. The lowest BCUT2D eigenvalue weighted by molar-refractivity contribution is -0.143. The van der Waals surface area contributed by atoms with Crippen LogP contribution in [0.4, 0.5) is 0 Å². The van der Waals surface area contributed by atoms with Crippen LogP contribution in [0.3, 0.4) is 0 Å². The van der Waals surface area contributed by atoms with Crippen molar-refractivity contribution in [1.29, 1.82) is 0 Å². The third kappa shape index (κ3) is 3.50. The average molecular weight is 342 g/mol. The summed E-state index contributed by atoms with van der Waals surface area (Å²) in [5.74, 6) is -0.560. The number of rotatable bonds is 6. The number of carboxylic acid groups (broad SMARTS) is 1. The van der Waals surface area contributed by atoms with Gasteiger partial charge in [0.05, 0.1) is 5.41 Å². The Bertz CT molecular complexity index is 510. The number of carbonyl (C=O) groups excluding carboxylic acids is 1. The van der Waals surface area contributed by atoms with Crippen LogP contribution in [0.25, 0.3) is 0 Å². The Kier molecular flexibility index (Phi) is 4.32. The van der Waals surface area contributed by atoms with Crippen LogP contribution >= 0.6 is 15.9 Å². The SMILES string of the molecule is CC(Oc1ccc(Br)cc1)C(=O)NCC1(C(=O)O)CC1. The summed E-state index contributed by atoms with van der Waals surface area (Å²) in [6.45, 7) is 1.80. The molecule has 1 aromatic carbocycles. The molecule has 1 atom stereocenters. The summed E-state index contributed by atoms with van der Waals surface area (Å²) in [6.07, 6.45) is 0.565. The van der Waals surface area contributed by atoms with Gasteiger partial charge in [0.15, 0.2) is 6.10 Å². The summed E-state index contributed by atoms with van der Waals surface area (Å²) < 4.78 is 6.43. The second-order valence-corrected chi connectivity index (χ2v) is 5.93. The van der Waals surface area contributed by atoms with Gasteiger partial charge in [-0.2, -0.15) is 0 Å². The molecule has 0 saturated heterocycles. The van der Waals surface area contributed by atoms with Crippen LogP contribution in [0.2, 0.25) is 0 Å². The highest BCUT2D eigenvalue weighted by Crippen LogP contribution is 2.45. The van der Waals surface area contributed by atoms with Gasteiger partial charge in [0.2, 0.25) is 0 Å². The van der Waals surface area contributed by atoms with E-state index in [1.54, 1.807) is 19.1 Å². The highest BCUT2D eigenvalue weighted by Gasteiger charge is 2.50. The number of carboxylic acids is 1. The first-order chi connectivity index (χ1) is 9.43. The molecule has 1 aliphatic carbocycles. The first-order valence-electron chi connectivity index (χ1n) is 6.36. The average Bonchev–Trinajstić information content (AvgIpc) is 3.20. The quantitative estimate of drug-likeness (QED) is 0.831. The molecule has 0 aliphatic heterocycles. The van der Waals surface area contributed by atoms with Crippen LogP contribution in [-0.2, 0) is 9.59 Å². The van der Waals surface area contributed by atoms with E-state index in [1.165, 1.54) is 0 Å². The summed E-state index contributed by atoms with van der Waals surface area (Å²) >= 11 is 3.32. The maximum Gasteiger partial charge on any atom is 0.311 e. The summed E-state index contributed by atoms with van der Waals surface area (Å²) in [4.78, 5) is 22.9. The molecule has 2 rings (SSSR count). The number of carbonyl (C=O) groups is 2. The van der Waals surface area contributed by atoms with Gasteiger partial charge in [0.25, 0.3) is 5.91 Å². The molecular formula is C14H16BrNO4. The van der Waals surface area contributed by atoms with Crippen molar-refractivity contribution in [2.45, 2.75) is 25.9 Å². The Morgan fingerprint density at radius 2 is 2.00 bits per heavy atom. The zero-order valence-electron chi connectivity index (χ0n) is 11.1. The van der Waals surface area contributed by atoms with Crippen LogP contribution in [0.1, 0.15) is 19.8 Å². The topological polar surface area (TPSA) is 75.6 Å². The van der Waals surface area contributed by atoms with Crippen LogP contribution in [0.5, 0.6) is 5.75 Å². The van der Waals surface area contributed by atoms with E-state index in [0.717, 1.165) is 4.47 Å². The predicted octanol–water partition coefficient (Wildman–Crippen LogP) is 2.20. The Morgan fingerprint density at radius 3 is 2.50 bits per heavy atom. The number of hydrogen-bond acceptors (Lipinski definition) is 3. The zero-order valence-corrected chi connectivity index (χ0v) is 12.6. The van der Waals surface area contributed by atoms with Gasteiger partial charge in [-0.15, -0.1) is 0 Å². The monoisotopic (exact) mass is 341 g/mol. The Morgan fingerprint density at radius 1 is 1.40 bits per heavy atom. The first kappa shape index (κ1) is 14.8. The van der Waals surface area contributed by atoms with Gasteiger partial charge in [-0.05, 0) is 44.0 Å². The van der Waals surface area contributed by atoms with Crippen molar-refractivity contribution in [3.63, 3.8) is 0 Å². The van der Waals surface area contributed by atoms with Crippen molar-refractivity contribution in [2.75, 3.05) is 6.54 Å². The molecule has 5 nitrogen and oxygen atoms in total. The number of hydrogen-bond donors (Lipinski definition) is 2. The molecule has 0 heterocycles. The number of benzene rings is 1. The highest BCUT2D eigenvalue weighted by molar-refractivity contribution is 9.10. The maximum atomic E-state index is 11.9. The van der Waals surface area contributed by atoms with E-state index in [0.29, 0.717) is 18.6 Å². The van der Waals surface area contributed by atoms with Gasteiger partial charge in [-0.1, -0.05) is 15.9 Å². The third-order valence-corrected chi connectivity index (χ3v) is 3.93. The minimum Gasteiger partial charge on any atom is -0.481 e. The van der Waals surface area contributed by atoms with Gasteiger partial charge >= 0.3 is 5.97 Å². The van der Waals surface area contributed by atoms with Crippen molar-refractivity contribution < 1.29 is 19.4 Å². The molecular weight excluding hydrogens is 326 g/mol. The van der Waals surface area contributed by atoms with Crippen LogP contribution < -0.4 is 10.1 Å². The van der Waals surface area contributed by atoms with Crippen molar-refractivity contribution in [3.8, 4) is 5.75 Å². The van der Waals surface area contributed by atoms with Crippen molar-refractivity contribution >= 4 is 27.8 Å². The molecule has 1 saturated carbocycles. The highest BCUT2D eigenvalue weighted by atomic mass is 79.9. The maximum absolute atomic E-state index is 11.9. The number of halogens is 1. The van der Waals surface area contributed by atoms with Gasteiger partial charge in [0.1, 0.15) is 5.75 Å². The van der Waals surface area contributed by atoms with E-state index < -0.39 is 17.5 Å². The lowest BCUT2D eigenvalue weighted by Crippen LogP contribution is -2.41. The smallest absolute Gasteiger partial charge is 0.311 e. The Balaban J connectivity index is 1.83. The van der Waals surface area contributed by atoms with E-state index >= 15 is 0 Å². The predicted molar refractivity (Wildman–Crippen MR) is 76.5 cm³/mol. The van der Waals surface area contributed by atoms with Crippen LogP contribution in [-0.4, -0.2) is 29.6 Å². The van der Waals surface area contributed by atoms with E-state index in [-0.39, 0.29) is 12.5 Å². The molecule has 0 bridgehead atoms. The normalized spacial score (nSPS) is 17.1. The molecule has 6 heteroatoms. The third-order valence-electron chi connectivity index (χ3n) is 3.40. The molecule has 0 spiro atoms. The van der Waals surface area contributed by atoms with Gasteiger partial charge < -0.3 is 15.2 Å². The Labute approximate surface area is 125 Å². The zero-order chi connectivity index (χ0) is 14.8. The molecule has 1 amide bonds. The lowest BCUT2D eigenvalue weighted by atomic mass is 10.1. The summed E-state index contributed by atoms with van der Waals surface area (Å²) in [6, 6.07) is 7.16. The van der Waals surface area contributed by atoms with Gasteiger partial charge in [0, 0.05) is 11.0 Å². The number of amides is 1. The minimum absolute atomic E-state index is 0.162. The lowest BCUT2D eigenvalue weighted by Gasteiger charge is -2.16. The second kappa shape index (κ2) is 5.83. The summed E-state index contributed by atoms with van der Waals surface area (Å²) in [5.41, 5.74) is -0.757. The molecule has 0 aromatic heterocycles. The van der Waals surface area contributed by atoms with Crippen LogP contribution in [0.15, 0.2) is 28.7 Å². The molecule has 20 heavy (non-hydrogen) atoms. The number of aliphatic carboxylic acids is 1. The van der Waals surface area contributed by atoms with Gasteiger partial charge in [-0.25, -0.2) is 0 Å². The molecule has 2 N–H and O–H groups in total. The number of nitrogens with one attached hydrogen (secondary N) is 1. The fourth-order valence-electron chi connectivity index (χ4n) is 1.79. The first-order valence-corrected chi connectivity index (χ1v) is 7.16. The summed E-state index contributed by atoms with van der Waals surface area (Å²) in [5, 5.41) is 11.7. The molecule has 1 unspecified atom stereocenters. The fraction of sp³-hybridized carbons (Fsp3) is 0.429. The second-order valence-electron chi connectivity index (χ2n) is 5.02. The van der Waals surface area contributed by atoms with Crippen LogP contribution in [0, 0.1) is 5.41 Å². The fourth-order valence-corrected chi connectivity index (χ4v) is 2.05. The molecule has 108 valence electrons. The van der Waals surface area contributed by atoms with E-state index in [2.05, 4.69) is 21.2 Å². The van der Waals surface area contributed by atoms with Crippen molar-refractivity contribution in [2.24, 2.45) is 5.41 Å². The van der Waals surface area contributed by atoms with Gasteiger partial charge in [-0.3, -0.25) is 9.59 Å². The van der Waals surface area contributed by atoms with E-state index in [1.807, 2.05) is 12.1 Å². The molecule has 1 fully saturated rings. The molecule has 1 aromatic rings. The Hall–Kier alpha value is -1.56. The number of ether oxygens (including phenoxy) is 1. The van der Waals surface area contributed by atoms with Crippen molar-refractivity contribution in [3.05, 3.63) is 28.7 Å². The standard InChI is InChI=1S/C14H16BrNO4/c1-9(20-11-4-2-10(15)3-5-11)12(17)16-8-14(6-7-14)13(18)19/h2-5,9H,6-8H2,1H3,(H,16,17)(H,18,19). The van der Waals surface area contributed by atoms with E-state index in [9.17, 15) is 9.59 Å². The molecule has 1 aliphatic rings. The van der Waals surface area contributed by atoms with Crippen molar-refractivity contribution in [1.82, 2.24) is 5.32 Å². The largest absolute Gasteiger partial charge is 0.481 e. The van der Waals surface area contributed by atoms with E-state index in [4.69, 9.17) is 9.84 Å².